The van der Waals surface area contributed by atoms with Gasteiger partial charge in [-0.05, 0) is 36.7 Å². The van der Waals surface area contributed by atoms with Crippen LogP contribution in [-0.2, 0) is 22.3 Å². The van der Waals surface area contributed by atoms with Crippen LogP contribution in [0.2, 0.25) is 0 Å². The van der Waals surface area contributed by atoms with Crippen LogP contribution in [0.4, 0.5) is 19.0 Å². The minimum Gasteiger partial charge on any atom is -0.391 e. The van der Waals surface area contributed by atoms with E-state index >= 15 is 0 Å². The summed E-state index contributed by atoms with van der Waals surface area (Å²) in [7, 11) is 0. The fraction of sp³-hybridized carbons (Fsp3) is 0.480. The van der Waals surface area contributed by atoms with Gasteiger partial charge in [-0.2, -0.15) is 13.2 Å². The zero-order chi connectivity index (χ0) is 26.2. The molecule has 2 aliphatic heterocycles. The first-order valence-electron chi connectivity index (χ1n) is 12.2. The second-order valence-corrected chi connectivity index (χ2v) is 9.62. The van der Waals surface area contributed by atoms with E-state index in [9.17, 15) is 23.1 Å². The maximum absolute atomic E-state index is 13.1. The number of carbonyl (C=O) groups is 1. The molecule has 12 heteroatoms. The SMILES string of the molecule is NC(=O)CN1CCC(Cn2ccc3c(N4CCOC[C@@H]4c4ccc(C(F)(F)F)cc4)ncnc32)C(O)C1. The molecule has 1 aromatic carbocycles. The number of primary amides is 1. The first kappa shape index (κ1) is 25.4. The molecule has 2 aliphatic rings. The van der Waals surface area contributed by atoms with E-state index in [1.165, 1.54) is 18.5 Å². The van der Waals surface area contributed by atoms with Crippen molar-refractivity contribution in [2.24, 2.45) is 11.7 Å². The van der Waals surface area contributed by atoms with E-state index in [1.807, 2.05) is 21.7 Å². The highest BCUT2D eigenvalue weighted by Crippen LogP contribution is 2.35. The van der Waals surface area contributed by atoms with Gasteiger partial charge in [-0.1, -0.05) is 12.1 Å². The van der Waals surface area contributed by atoms with E-state index in [-0.39, 0.29) is 18.5 Å². The number of β-amino-alcohol motifs (C(OH)–C–C–N with tert-alkyl or cyclic N) is 1. The Hall–Kier alpha value is -3.22. The Kier molecular flexibility index (Phi) is 7.06. The van der Waals surface area contributed by atoms with Gasteiger partial charge in [0.25, 0.3) is 0 Å². The number of halogens is 3. The summed E-state index contributed by atoms with van der Waals surface area (Å²) in [5.41, 5.74) is 6.02. The molecular formula is C25H29F3N6O3. The second-order valence-electron chi connectivity index (χ2n) is 9.62. The zero-order valence-electron chi connectivity index (χ0n) is 20.1. The first-order valence-corrected chi connectivity index (χ1v) is 12.2. The van der Waals surface area contributed by atoms with Crippen LogP contribution in [-0.4, -0.2) is 75.9 Å². The van der Waals surface area contributed by atoms with E-state index in [0.717, 1.165) is 23.2 Å². The van der Waals surface area contributed by atoms with Crippen LogP contribution >= 0.6 is 0 Å². The molecule has 3 atom stereocenters. The number of carbonyl (C=O) groups excluding carboxylic acids is 1. The number of amides is 1. The number of benzene rings is 1. The summed E-state index contributed by atoms with van der Waals surface area (Å²) in [6.07, 6.45) is -0.881. The van der Waals surface area contributed by atoms with Crippen LogP contribution in [0, 0.1) is 5.92 Å². The number of piperidine rings is 1. The molecule has 198 valence electrons. The van der Waals surface area contributed by atoms with Crippen molar-refractivity contribution >= 4 is 22.8 Å². The Morgan fingerprint density at radius 2 is 1.95 bits per heavy atom. The summed E-state index contributed by atoms with van der Waals surface area (Å²) in [4.78, 5) is 24.2. The molecule has 3 aromatic rings. The van der Waals surface area contributed by atoms with E-state index in [2.05, 4.69) is 14.9 Å². The van der Waals surface area contributed by atoms with Gasteiger partial charge >= 0.3 is 6.18 Å². The fourth-order valence-corrected chi connectivity index (χ4v) is 5.27. The van der Waals surface area contributed by atoms with Crippen LogP contribution in [0.1, 0.15) is 23.6 Å². The molecule has 5 rings (SSSR count). The van der Waals surface area contributed by atoms with Crippen molar-refractivity contribution in [2.75, 3.05) is 44.3 Å². The Balaban J connectivity index is 1.37. The van der Waals surface area contributed by atoms with E-state index in [1.54, 1.807) is 0 Å². The third-order valence-electron chi connectivity index (χ3n) is 7.17. The number of hydrogen-bond acceptors (Lipinski definition) is 7. The summed E-state index contributed by atoms with van der Waals surface area (Å²) >= 11 is 0. The third kappa shape index (κ3) is 5.41. The maximum atomic E-state index is 13.1. The van der Waals surface area contributed by atoms with Crippen LogP contribution in [0.15, 0.2) is 42.9 Å². The van der Waals surface area contributed by atoms with Gasteiger partial charge in [-0.15, -0.1) is 0 Å². The molecule has 0 bridgehead atoms. The molecule has 0 radical (unpaired) electrons. The van der Waals surface area contributed by atoms with E-state index in [0.29, 0.717) is 57.2 Å². The molecule has 37 heavy (non-hydrogen) atoms. The van der Waals surface area contributed by atoms with Gasteiger partial charge in [0.2, 0.25) is 5.91 Å². The molecule has 4 heterocycles. The molecule has 0 saturated carbocycles. The number of nitrogens with zero attached hydrogens (tertiary/aromatic N) is 5. The summed E-state index contributed by atoms with van der Waals surface area (Å²) in [6, 6.07) is 6.80. The highest BCUT2D eigenvalue weighted by atomic mass is 19.4. The summed E-state index contributed by atoms with van der Waals surface area (Å²) in [5, 5.41) is 11.5. The third-order valence-corrected chi connectivity index (χ3v) is 7.17. The van der Waals surface area contributed by atoms with E-state index < -0.39 is 23.8 Å². The lowest BCUT2D eigenvalue weighted by atomic mass is 9.93. The molecule has 3 N–H and O–H groups in total. The molecule has 1 amide bonds. The molecule has 2 saturated heterocycles. The van der Waals surface area contributed by atoms with Gasteiger partial charge in [-0.3, -0.25) is 9.69 Å². The Morgan fingerprint density at radius 1 is 1.16 bits per heavy atom. The topological polar surface area (TPSA) is 110 Å². The average molecular weight is 519 g/mol. The van der Waals surface area contributed by atoms with Crippen molar-refractivity contribution < 1.29 is 27.8 Å². The smallest absolute Gasteiger partial charge is 0.391 e. The number of likely N-dealkylation sites (tertiary alicyclic amines) is 1. The van der Waals surface area contributed by atoms with Gasteiger partial charge in [-0.25, -0.2) is 9.97 Å². The number of ether oxygens (including phenoxy) is 1. The quantitative estimate of drug-likeness (QED) is 0.515. The van der Waals surface area contributed by atoms with Crippen molar-refractivity contribution in [3.63, 3.8) is 0 Å². The van der Waals surface area contributed by atoms with E-state index in [4.69, 9.17) is 10.5 Å². The average Bonchev–Trinajstić information content (AvgIpc) is 3.28. The number of nitrogens with two attached hydrogens (primary N) is 1. The summed E-state index contributed by atoms with van der Waals surface area (Å²) in [6.45, 7) is 3.07. The highest BCUT2D eigenvalue weighted by Gasteiger charge is 2.33. The van der Waals surface area contributed by atoms with Crippen molar-refractivity contribution in [3.05, 3.63) is 54.0 Å². The summed E-state index contributed by atoms with van der Waals surface area (Å²) < 4.78 is 46.8. The standard InChI is InChI=1S/C25H29F3N6O3/c26-25(27,28)18-3-1-16(2-4-18)20-14-37-10-9-34(20)24-19-6-8-33(23(19)30-15-31-24)11-17-5-7-32(12-21(17)35)13-22(29)36/h1-4,6,8,15,17,20-21,35H,5,7,9-14H2,(H2,29,36)/t17?,20-,21?/m1/s1. The molecule has 2 aromatic heterocycles. The maximum Gasteiger partial charge on any atom is 0.416 e. The molecule has 9 nitrogen and oxygen atoms in total. The predicted molar refractivity (Wildman–Crippen MR) is 130 cm³/mol. The number of fused-ring (bicyclic) bond motifs is 1. The lowest BCUT2D eigenvalue weighted by Gasteiger charge is -2.37. The molecule has 2 unspecified atom stereocenters. The Labute approximate surface area is 211 Å². The lowest BCUT2D eigenvalue weighted by molar-refractivity contribution is -0.137. The van der Waals surface area contributed by atoms with Crippen molar-refractivity contribution in [1.29, 1.82) is 0 Å². The fourth-order valence-electron chi connectivity index (χ4n) is 5.27. The number of anilines is 1. The number of aliphatic hydroxyl groups excluding tert-OH is 1. The molecule has 2 fully saturated rings. The van der Waals surface area contributed by atoms with Gasteiger partial charge in [0.1, 0.15) is 17.8 Å². The first-order chi connectivity index (χ1) is 17.7. The molecule has 0 spiro atoms. The highest BCUT2D eigenvalue weighted by molar-refractivity contribution is 5.88. The number of aromatic nitrogens is 3. The number of alkyl halides is 3. The number of rotatable bonds is 6. The number of morpholine rings is 1. The van der Waals surface area contributed by atoms with Crippen molar-refractivity contribution in [2.45, 2.75) is 31.3 Å². The minimum atomic E-state index is -4.39. The van der Waals surface area contributed by atoms with Crippen molar-refractivity contribution in [3.8, 4) is 0 Å². The number of aliphatic hydroxyl groups is 1. The van der Waals surface area contributed by atoms with Gasteiger partial charge in [0.05, 0.1) is 42.9 Å². The Bertz CT molecular complexity index is 1250. The minimum absolute atomic E-state index is 0.0126. The normalized spacial score (nSPS) is 23.5. The monoisotopic (exact) mass is 518 g/mol. The van der Waals surface area contributed by atoms with Crippen LogP contribution < -0.4 is 10.6 Å². The van der Waals surface area contributed by atoms with Crippen LogP contribution in [0.3, 0.4) is 0 Å². The molecular weight excluding hydrogens is 489 g/mol. The van der Waals surface area contributed by atoms with Crippen LogP contribution in [0.5, 0.6) is 0 Å². The summed E-state index contributed by atoms with van der Waals surface area (Å²) in [5.74, 6) is 0.263. The van der Waals surface area contributed by atoms with Gasteiger partial charge in [0, 0.05) is 31.7 Å². The number of hydrogen-bond donors (Lipinski definition) is 2. The van der Waals surface area contributed by atoms with Crippen LogP contribution in [0.25, 0.3) is 11.0 Å². The van der Waals surface area contributed by atoms with Gasteiger partial charge < -0.3 is 25.0 Å². The van der Waals surface area contributed by atoms with Crippen molar-refractivity contribution in [1.82, 2.24) is 19.4 Å². The van der Waals surface area contributed by atoms with Gasteiger partial charge in [0.15, 0.2) is 0 Å². The predicted octanol–water partition coefficient (Wildman–Crippen LogP) is 2.20. The largest absolute Gasteiger partial charge is 0.416 e. The second kappa shape index (κ2) is 10.3. The lowest BCUT2D eigenvalue weighted by Crippen LogP contribution is -2.47. The Morgan fingerprint density at radius 3 is 2.65 bits per heavy atom. The zero-order valence-corrected chi connectivity index (χ0v) is 20.1. The molecule has 0 aliphatic carbocycles.